The summed E-state index contributed by atoms with van der Waals surface area (Å²) in [5, 5.41) is 0.162. The number of rotatable bonds is 5. The van der Waals surface area contributed by atoms with Crippen LogP contribution in [-0.4, -0.2) is 34.6 Å². The normalized spacial score (nSPS) is 10.1. The zero-order valence-electron chi connectivity index (χ0n) is 9.20. The Morgan fingerprint density at radius 3 is 2.33 bits per heavy atom. The Hall–Kier alpha value is -1.10. The molecule has 1 heterocycles. The fraction of sp³-hybridized carbons (Fsp3) is 0.667. The molecule has 0 radical (unpaired) electrons. The van der Waals surface area contributed by atoms with Crippen molar-refractivity contribution in [1.29, 1.82) is 0 Å². The summed E-state index contributed by atoms with van der Waals surface area (Å²) in [6.45, 7) is 8.08. The molecule has 0 saturated heterocycles. The van der Waals surface area contributed by atoms with E-state index >= 15 is 0 Å². The van der Waals surface area contributed by atoms with Gasteiger partial charge in [-0.05, 0) is 32.4 Å². The molecule has 0 atom stereocenters. The maximum Gasteiger partial charge on any atom is 0.322 e. The standard InChI is InChI=1S/C9H15ClN4O/c1-4-14(5-2)8-11-7(10)12-9(13-8)15-6-3/h4-6H2,1-3H3. The first kappa shape index (κ1) is 12.0. The zero-order valence-corrected chi connectivity index (χ0v) is 9.95. The lowest BCUT2D eigenvalue weighted by molar-refractivity contribution is 0.311. The van der Waals surface area contributed by atoms with E-state index in [1.54, 1.807) is 0 Å². The van der Waals surface area contributed by atoms with E-state index in [9.17, 15) is 0 Å². The highest BCUT2D eigenvalue weighted by atomic mass is 35.5. The number of aromatic nitrogens is 3. The van der Waals surface area contributed by atoms with Gasteiger partial charge in [-0.3, -0.25) is 0 Å². The summed E-state index contributed by atoms with van der Waals surface area (Å²) in [7, 11) is 0. The Kier molecular flexibility index (Phi) is 4.55. The Labute approximate surface area is 94.5 Å². The molecular formula is C9H15ClN4O. The van der Waals surface area contributed by atoms with Gasteiger partial charge in [0.15, 0.2) is 0 Å². The second kappa shape index (κ2) is 5.70. The van der Waals surface area contributed by atoms with Crippen molar-refractivity contribution in [3.63, 3.8) is 0 Å². The minimum absolute atomic E-state index is 0.162. The number of ether oxygens (including phenoxy) is 1. The first-order valence-corrected chi connectivity index (χ1v) is 5.38. The second-order valence-electron chi connectivity index (χ2n) is 2.79. The molecule has 0 spiro atoms. The molecule has 0 aliphatic carbocycles. The molecule has 0 aromatic carbocycles. The van der Waals surface area contributed by atoms with Gasteiger partial charge in [0.25, 0.3) is 0 Å². The Morgan fingerprint density at radius 1 is 1.13 bits per heavy atom. The lowest BCUT2D eigenvalue weighted by Crippen LogP contribution is -2.24. The lowest BCUT2D eigenvalue weighted by Gasteiger charge is -2.18. The van der Waals surface area contributed by atoms with Crippen molar-refractivity contribution in [2.45, 2.75) is 20.8 Å². The molecule has 1 rings (SSSR count). The summed E-state index contributed by atoms with van der Waals surface area (Å²) in [6.07, 6.45) is 0. The SMILES string of the molecule is CCOc1nc(Cl)nc(N(CC)CC)n1. The van der Waals surface area contributed by atoms with Gasteiger partial charge in [0.1, 0.15) is 0 Å². The number of anilines is 1. The van der Waals surface area contributed by atoms with E-state index in [4.69, 9.17) is 16.3 Å². The predicted molar refractivity (Wildman–Crippen MR) is 59.6 cm³/mol. The molecule has 0 fully saturated rings. The van der Waals surface area contributed by atoms with E-state index in [-0.39, 0.29) is 11.3 Å². The molecule has 0 bridgehead atoms. The first-order chi connectivity index (χ1) is 7.21. The minimum atomic E-state index is 0.162. The van der Waals surface area contributed by atoms with Gasteiger partial charge in [0, 0.05) is 13.1 Å². The molecule has 1 aromatic heterocycles. The Bertz CT molecular complexity index is 317. The highest BCUT2D eigenvalue weighted by Crippen LogP contribution is 2.14. The van der Waals surface area contributed by atoms with Crippen LogP contribution in [0.25, 0.3) is 0 Å². The molecular weight excluding hydrogens is 216 g/mol. The summed E-state index contributed by atoms with van der Waals surface area (Å²) in [4.78, 5) is 14.1. The third-order valence-corrected chi connectivity index (χ3v) is 2.06. The molecule has 1 aromatic rings. The van der Waals surface area contributed by atoms with Crippen molar-refractivity contribution >= 4 is 17.5 Å². The van der Waals surface area contributed by atoms with E-state index in [1.165, 1.54) is 0 Å². The van der Waals surface area contributed by atoms with Crippen LogP contribution in [0, 0.1) is 0 Å². The third-order valence-electron chi connectivity index (χ3n) is 1.90. The van der Waals surface area contributed by atoms with E-state index in [1.807, 2.05) is 25.7 Å². The lowest BCUT2D eigenvalue weighted by atomic mass is 10.5. The van der Waals surface area contributed by atoms with Crippen LogP contribution >= 0.6 is 11.6 Å². The average Bonchev–Trinajstić information content (AvgIpc) is 2.19. The van der Waals surface area contributed by atoms with Crippen molar-refractivity contribution in [3.8, 4) is 6.01 Å². The second-order valence-corrected chi connectivity index (χ2v) is 3.13. The van der Waals surface area contributed by atoms with Crippen molar-refractivity contribution in [3.05, 3.63) is 5.28 Å². The van der Waals surface area contributed by atoms with Gasteiger partial charge in [-0.25, -0.2) is 0 Å². The maximum atomic E-state index is 5.77. The summed E-state index contributed by atoms with van der Waals surface area (Å²) in [6, 6.07) is 0.277. The van der Waals surface area contributed by atoms with Crippen LogP contribution in [-0.2, 0) is 0 Å². The fourth-order valence-corrected chi connectivity index (χ4v) is 1.31. The van der Waals surface area contributed by atoms with Crippen molar-refractivity contribution in [2.24, 2.45) is 0 Å². The third kappa shape index (κ3) is 3.20. The minimum Gasteiger partial charge on any atom is -0.464 e. The molecule has 0 amide bonds. The molecule has 0 aliphatic heterocycles. The molecule has 0 saturated carbocycles. The van der Waals surface area contributed by atoms with Crippen molar-refractivity contribution in [2.75, 3.05) is 24.6 Å². The first-order valence-electron chi connectivity index (χ1n) is 5.00. The average molecular weight is 231 g/mol. The quantitative estimate of drug-likeness (QED) is 0.772. The van der Waals surface area contributed by atoms with Gasteiger partial charge >= 0.3 is 6.01 Å². The predicted octanol–water partition coefficient (Wildman–Crippen LogP) is 1.77. The van der Waals surface area contributed by atoms with E-state index in [0.29, 0.717) is 12.6 Å². The highest BCUT2D eigenvalue weighted by molar-refractivity contribution is 6.28. The molecule has 15 heavy (non-hydrogen) atoms. The summed E-state index contributed by atoms with van der Waals surface area (Å²) in [5.41, 5.74) is 0. The van der Waals surface area contributed by atoms with Crippen LogP contribution in [0.15, 0.2) is 0 Å². The van der Waals surface area contributed by atoms with Crippen LogP contribution in [0.3, 0.4) is 0 Å². The monoisotopic (exact) mass is 230 g/mol. The van der Waals surface area contributed by atoms with Crippen LogP contribution < -0.4 is 9.64 Å². The Balaban J connectivity index is 2.96. The van der Waals surface area contributed by atoms with Gasteiger partial charge in [-0.1, -0.05) is 0 Å². The summed E-state index contributed by atoms with van der Waals surface area (Å²) < 4.78 is 5.19. The number of hydrogen-bond donors (Lipinski definition) is 0. The Morgan fingerprint density at radius 2 is 1.80 bits per heavy atom. The van der Waals surface area contributed by atoms with Crippen LogP contribution in [0.5, 0.6) is 6.01 Å². The maximum absolute atomic E-state index is 5.77. The largest absolute Gasteiger partial charge is 0.464 e. The van der Waals surface area contributed by atoms with Crippen molar-refractivity contribution in [1.82, 2.24) is 15.0 Å². The van der Waals surface area contributed by atoms with E-state index in [2.05, 4.69) is 15.0 Å². The van der Waals surface area contributed by atoms with Gasteiger partial charge in [0.2, 0.25) is 11.2 Å². The fourth-order valence-electron chi connectivity index (χ4n) is 1.16. The molecule has 84 valence electrons. The van der Waals surface area contributed by atoms with Gasteiger partial charge < -0.3 is 9.64 Å². The van der Waals surface area contributed by atoms with E-state index < -0.39 is 0 Å². The molecule has 5 nitrogen and oxygen atoms in total. The molecule has 0 unspecified atom stereocenters. The van der Waals surface area contributed by atoms with Gasteiger partial charge in [0.05, 0.1) is 6.61 Å². The van der Waals surface area contributed by atoms with Crippen LogP contribution in [0.2, 0.25) is 5.28 Å². The number of hydrogen-bond acceptors (Lipinski definition) is 5. The van der Waals surface area contributed by atoms with Crippen LogP contribution in [0.1, 0.15) is 20.8 Å². The highest BCUT2D eigenvalue weighted by Gasteiger charge is 2.10. The summed E-state index contributed by atoms with van der Waals surface area (Å²) >= 11 is 5.77. The van der Waals surface area contributed by atoms with Crippen molar-refractivity contribution < 1.29 is 4.74 Å². The van der Waals surface area contributed by atoms with E-state index in [0.717, 1.165) is 13.1 Å². The molecule has 6 heteroatoms. The zero-order chi connectivity index (χ0) is 11.3. The van der Waals surface area contributed by atoms with Gasteiger partial charge in [-0.2, -0.15) is 15.0 Å². The van der Waals surface area contributed by atoms with Gasteiger partial charge in [-0.15, -0.1) is 0 Å². The smallest absolute Gasteiger partial charge is 0.322 e. The topological polar surface area (TPSA) is 51.1 Å². The number of halogens is 1. The molecule has 0 N–H and O–H groups in total. The molecule has 0 aliphatic rings. The number of nitrogens with zero attached hydrogens (tertiary/aromatic N) is 4. The summed E-state index contributed by atoms with van der Waals surface area (Å²) in [5.74, 6) is 0.559. The van der Waals surface area contributed by atoms with Crippen LogP contribution in [0.4, 0.5) is 5.95 Å².